The molecule has 0 aliphatic heterocycles. The van der Waals surface area contributed by atoms with E-state index < -0.39 is 9.15 Å². The highest BCUT2D eigenvalue weighted by atomic mass is 33.1. The van der Waals surface area contributed by atoms with Crippen LogP contribution in [-0.2, 0) is 15.7 Å². The van der Waals surface area contributed by atoms with E-state index in [1.807, 2.05) is 16.8 Å². The van der Waals surface area contributed by atoms with Gasteiger partial charge in [0, 0.05) is 10.8 Å². The lowest BCUT2D eigenvalue weighted by molar-refractivity contribution is 0.503. The van der Waals surface area contributed by atoms with Crippen LogP contribution >= 0.6 is 22.1 Å². The van der Waals surface area contributed by atoms with Crippen LogP contribution in [0.2, 0.25) is 0 Å². The monoisotopic (exact) mass is 266 g/mol. The first-order valence-corrected chi connectivity index (χ1v) is 7.77. The Labute approximate surface area is 95.6 Å². The van der Waals surface area contributed by atoms with Crippen LogP contribution in [0.25, 0.3) is 0 Å². The summed E-state index contributed by atoms with van der Waals surface area (Å²) in [6.45, 7) is 0.432. The Morgan fingerprint density at radius 3 is 2.93 bits per heavy atom. The molecule has 8 heteroatoms. The van der Waals surface area contributed by atoms with Gasteiger partial charge in [-0.25, -0.2) is 0 Å². The second kappa shape index (κ2) is 5.50. The molecule has 0 amide bonds. The van der Waals surface area contributed by atoms with Crippen molar-refractivity contribution in [3.63, 3.8) is 0 Å². The van der Waals surface area contributed by atoms with E-state index in [-0.39, 0.29) is 11.6 Å². The minimum atomic E-state index is -4.03. The lowest BCUT2D eigenvalue weighted by atomic mass is 10.3. The van der Waals surface area contributed by atoms with E-state index >= 15 is 0 Å². The van der Waals surface area contributed by atoms with Crippen LogP contribution < -0.4 is 5.73 Å². The number of hydrogen-bond donors (Lipinski definition) is 2. The molecule has 0 saturated carbocycles. The summed E-state index contributed by atoms with van der Waals surface area (Å²) in [6, 6.07) is 1.91. The number of nitrogens with zero attached hydrogens (tertiary/aromatic N) is 1. The molecule has 0 aliphatic rings. The van der Waals surface area contributed by atoms with E-state index in [0.29, 0.717) is 17.3 Å². The lowest BCUT2D eigenvalue weighted by Gasteiger charge is -1.97. The minimum Gasteiger partial charge on any atom is -0.387 e. The van der Waals surface area contributed by atoms with Crippen LogP contribution in [0.4, 0.5) is 0 Å². The first kappa shape index (κ1) is 12.5. The zero-order valence-corrected chi connectivity index (χ0v) is 10.1. The summed E-state index contributed by atoms with van der Waals surface area (Å²) >= 11 is 1.56. The van der Waals surface area contributed by atoms with Gasteiger partial charge in [-0.3, -0.25) is 9.55 Å². The molecule has 1 heterocycles. The number of hydrogen-bond acceptors (Lipinski definition) is 5. The van der Waals surface area contributed by atoms with Crippen LogP contribution in [0.15, 0.2) is 21.8 Å². The van der Waals surface area contributed by atoms with E-state index in [4.69, 9.17) is 10.3 Å². The van der Waals surface area contributed by atoms with Crippen molar-refractivity contribution in [3.05, 3.63) is 22.4 Å². The molecule has 1 rings (SSSR count). The van der Waals surface area contributed by atoms with E-state index in [0.717, 1.165) is 5.56 Å². The molecule has 1 aromatic heterocycles. The number of aliphatic imine (C=N–C) groups is 1. The Balaban J connectivity index is 2.40. The fraction of sp³-hybridized carbons (Fsp3) is 0.286. The maximum atomic E-state index is 10.4. The molecule has 1 aromatic rings. The van der Waals surface area contributed by atoms with Crippen molar-refractivity contribution >= 4 is 37.1 Å². The first-order valence-electron chi connectivity index (χ1n) is 3.89. The highest BCUT2D eigenvalue weighted by Crippen LogP contribution is 2.10. The molecular formula is C7H10N2O3S3. The molecule has 3 N–H and O–H groups in total. The molecular weight excluding hydrogens is 256 g/mol. The average Bonchev–Trinajstić information content (AvgIpc) is 2.62. The van der Waals surface area contributed by atoms with Crippen LogP contribution in [0.5, 0.6) is 0 Å². The molecule has 0 unspecified atom stereocenters. The van der Waals surface area contributed by atoms with Crippen molar-refractivity contribution < 1.29 is 13.0 Å². The molecule has 0 bridgehead atoms. The predicted octanol–water partition coefficient (Wildman–Crippen LogP) is 1.14. The van der Waals surface area contributed by atoms with E-state index in [2.05, 4.69) is 4.99 Å². The normalized spacial score (nSPS) is 13.0. The molecule has 15 heavy (non-hydrogen) atoms. The molecule has 84 valence electrons. The van der Waals surface area contributed by atoms with Gasteiger partial charge < -0.3 is 5.73 Å². The zero-order chi connectivity index (χ0) is 11.3. The van der Waals surface area contributed by atoms with Crippen LogP contribution in [0.1, 0.15) is 5.56 Å². The van der Waals surface area contributed by atoms with Gasteiger partial charge in [-0.2, -0.15) is 19.8 Å². The smallest absolute Gasteiger partial charge is 0.320 e. The summed E-state index contributed by atoms with van der Waals surface area (Å²) in [6.07, 6.45) is 0. The van der Waals surface area contributed by atoms with Crippen molar-refractivity contribution in [2.75, 3.05) is 5.75 Å². The number of amidine groups is 1. The van der Waals surface area contributed by atoms with Crippen LogP contribution in [0, 0.1) is 0 Å². The lowest BCUT2D eigenvalue weighted by Crippen LogP contribution is -2.16. The first-order chi connectivity index (χ1) is 6.97. The van der Waals surface area contributed by atoms with Gasteiger partial charge in [-0.1, -0.05) is 0 Å². The maximum absolute atomic E-state index is 10.4. The second-order valence-corrected chi connectivity index (χ2v) is 6.76. The molecule has 0 radical (unpaired) electrons. The van der Waals surface area contributed by atoms with Gasteiger partial charge in [0.1, 0.15) is 5.84 Å². The highest BCUT2D eigenvalue weighted by molar-refractivity contribution is 8.70. The van der Waals surface area contributed by atoms with E-state index in [9.17, 15) is 8.42 Å². The van der Waals surface area contributed by atoms with Gasteiger partial charge in [0.15, 0.2) is 0 Å². The Kier molecular flexibility index (Phi) is 4.58. The van der Waals surface area contributed by atoms with Crippen molar-refractivity contribution in [2.24, 2.45) is 10.7 Å². The largest absolute Gasteiger partial charge is 0.387 e. The minimum absolute atomic E-state index is 0.0248. The van der Waals surface area contributed by atoms with Crippen molar-refractivity contribution in [2.45, 2.75) is 6.54 Å². The molecule has 0 aliphatic carbocycles. The van der Waals surface area contributed by atoms with E-state index in [1.54, 1.807) is 11.3 Å². The topological polar surface area (TPSA) is 92.8 Å². The van der Waals surface area contributed by atoms with Crippen molar-refractivity contribution in [3.8, 4) is 0 Å². The third-order valence-electron chi connectivity index (χ3n) is 1.40. The average molecular weight is 266 g/mol. The molecule has 0 atom stereocenters. The summed E-state index contributed by atoms with van der Waals surface area (Å²) in [5.74, 6) is 0.173. The predicted molar refractivity (Wildman–Crippen MR) is 63.7 cm³/mol. The van der Waals surface area contributed by atoms with E-state index in [1.165, 1.54) is 0 Å². The summed E-state index contributed by atoms with van der Waals surface area (Å²) in [4.78, 5) is 3.97. The number of rotatable bonds is 5. The molecule has 0 saturated heterocycles. The zero-order valence-electron chi connectivity index (χ0n) is 7.66. The molecule has 0 fully saturated rings. The third-order valence-corrected chi connectivity index (χ3v) is 4.09. The quantitative estimate of drug-likeness (QED) is 0.361. The Hall–Kier alpha value is -0.570. The third kappa shape index (κ3) is 5.78. The van der Waals surface area contributed by atoms with Crippen LogP contribution in [-0.4, -0.2) is 24.6 Å². The van der Waals surface area contributed by atoms with Gasteiger partial charge in [0.2, 0.25) is 0 Å². The van der Waals surface area contributed by atoms with Gasteiger partial charge in [-0.15, -0.1) is 0 Å². The molecule has 0 aromatic carbocycles. The Morgan fingerprint density at radius 2 is 2.40 bits per heavy atom. The Morgan fingerprint density at radius 1 is 1.67 bits per heavy atom. The SMILES string of the molecule is NC(CSS(=O)(=O)O)=NCc1ccsc1. The summed E-state index contributed by atoms with van der Waals surface area (Å²) in [5.41, 5.74) is 6.48. The fourth-order valence-corrected chi connectivity index (χ4v) is 2.59. The second-order valence-electron chi connectivity index (χ2n) is 2.63. The van der Waals surface area contributed by atoms with Gasteiger partial charge >= 0.3 is 9.15 Å². The van der Waals surface area contributed by atoms with Gasteiger partial charge in [0.25, 0.3) is 0 Å². The summed E-state index contributed by atoms with van der Waals surface area (Å²) in [5, 5.41) is 3.86. The summed E-state index contributed by atoms with van der Waals surface area (Å²) < 4.78 is 29.2. The van der Waals surface area contributed by atoms with Crippen molar-refractivity contribution in [1.82, 2.24) is 0 Å². The molecule has 5 nitrogen and oxygen atoms in total. The maximum Gasteiger partial charge on any atom is 0.320 e. The standard InChI is InChI=1S/C7H10N2O3S3/c8-7(5-14-15(10,11)12)9-3-6-1-2-13-4-6/h1-2,4H,3,5H2,(H2,8,9)(H,10,11,12). The number of nitrogens with two attached hydrogens (primary N) is 1. The van der Waals surface area contributed by atoms with Gasteiger partial charge in [0.05, 0.1) is 12.3 Å². The fourth-order valence-electron chi connectivity index (χ4n) is 0.756. The molecule has 0 spiro atoms. The van der Waals surface area contributed by atoms with Gasteiger partial charge in [-0.05, 0) is 22.4 Å². The van der Waals surface area contributed by atoms with Crippen molar-refractivity contribution in [1.29, 1.82) is 0 Å². The highest BCUT2D eigenvalue weighted by Gasteiger charge is 2.06. The van der Waals surface area contributed by atoms with Crippen LogP contribution in [0.3, 0.4) is 0 Å². The summed E-state index contributed by atoms with van der Waals surface area (Å²) in [7, 11) is -3.68. The Bertz CT molecular complexity index is 424. The number of thiophene rings is 1.